The van der Waals surface area contributed by atoms with Crippen molar-refractivity contribution in [2.75, 3.05) is 13.1 Å². The zero-order chi connectivity index (χ0) is 26.4. The normalized spacial score (nSPS) is 15.3. The minimum Gasteiger partial charge on any atom is -0.444 e. The Balaban J connectivity index is 1.47. The number of rotatable bonds is 4. The van der Waals surface area contributed by atoms with Crippen LogP contribution in [0.25, 0.3) is 22.3 Å². The molecule has 0 aliphatic carbocycles. The van der Waals surface area contributed by atoms with E-state index in [4.69, 9.17) is 16.3 Å². The monoisotopic (exact) mass is 542 g/mol. The smallest absolute Gasteiger partial charge is 0.410 e. The van der Waals surface area contributed by atoms with Gasteiger partial charge in [-0.2, -0.15) is 5.10 Å². The van der Waals surface area contributed by atoms with Gasteiger partial charge in [0.05, 0.1) is 28.2 Å². The quantitative estimate of drug-likeness (QED) is 0.342. The van der Waals surface area contributed by atoms with Crippen LogP contribution in [0.4, 0.5) is 4.79 Å². The third kappa shape index (κ3) is 4.93. The summed E-state index contributed by atoms with van der Waals surface area (Å²) in [5.74, 6) is 0. The summed E-state index contributed by atoms with van der Waals surface area (Å²) in [4.78, 5) is 22.5. The van der Waals surface area contributed by atoms with Gasteiger partial charge >= 0.3 is 6.09 Å². The average molecular weight is 543 g/mol. The Morgan fingerprint density at radius 2 is 1.81 bits per heavy atom. The van der Waals surface area contributed by atoms with Crippen LogP contribution in [0, 0.1) is 0 Å². The lowest BCUT2D eigenvalue weighted by molar-refractivity contribution is 0.0185. The summed E-state index contributed by atoms with van der Waals surface area (Å²) in [6.45, 7) is 6.63. The van der Waals surface area contributed by atoms with E-state index in [1.54, 1.807) is 35.4 Å². The summed E-state index contributed by atoms with van der Waals surface area (Å²) in [5, 5.41) is 5.13. The number of carbonyl (C=O) groups is 1. The van der Waals surface area contributed by atoms with Gasteiger partial charge in [-0.15, -0.1) is 0 Å². The van der Waals surface area contributed by atoms with Gasteiger partial charge in [0, 0.05) is 24.8 Å². The predicted molar refractivity (Wildman–Crippen MR) is 139 cm³/mol. The highest BCUT2D eigenvalue weighted by atomic mass is 35.5. The second-order valence-electron chi connectivity index (χ2n) is 9.92. The van der Waals surface area contributed by atoms with Crippen molar-refractivity contribution in [1.29, 1.82) is 0 Å². The van der Waals surface area contributed by atoms with Crippen molar-refractivity contribution in [3.63, 3.8) is 0 Å². The molecular formula is C25H27ClN6O4S. The van der Waals surface area contributed by atoms with E-state index >= 15 is 0 Å². The highest BCUT2D eigenvalue weighted by molar-refractivity contribution is 7.90. The SMILES string of the molecule is CC(C)(C)OC(=O)N1CCC(n2cc(-c3cc4c(Cl)ncnc4n3S(=O)(=O)c3ccccc3)cn2)CC1. The number of benzene rings is 1. The van der Waals surface area contributed by atoms with E-state index in [9.17, 15) is 13.2 Å². The Bertz CT molecular complexity index is 1550. The molecule has 0 saturated carbocycles. The van der Waals surface area contributed by atoms with E-state index in [1.807, 2.05) is 31.6 Å². The van der Waals surface area contributed by atoms with E-state index < -0.39 is 15.6 Å². The first kappa shape index (κ1) is 25.2. The van der Waals surface area contributed by atoms with Crippen LogP contribution in [0.5, 0.6) is 0 Å². The van der Waals surface area contributed by atoms with Gasteiger partial charge < -0.3 is 9.64 Å². The van der Waals surface area contributed by atoms with E-state index in [2.05, 4.69) is 15.1 Å². The van der Waals surface area contributed by atoms with E-state index in [0.717, 1.165) is 0 Å². The van der Waals surface area contributed by atoms with Gasteiger partial charge in [-0.05, 0) is 51.8 Å². The maximum Gasteiger partial charge on any atom is 0.410 e. The molecule has 12 heteroatoms. The number of fused-ring (bicyclic) bond motifs is 1. The fourth-order valence-electron chi connectivity index (χ4n) is 4.41. The largest absolute Gasteiger partial charge is 0.444 e. The first-order chi connectivity index (χ1) is 17.5. The Hall–Kier alpha value is -3.44. The molecule has 1 saturated heterocycles. The Labute approximate surface area is 219 Å². The number of piperidine rings is 1. The number of halogens is 1. The van der Waals surface area contributed by atoms with Gasteiger partial charge in [0.1, 0.15) is 17.1 Å². The maximum atomic E-state index is 13.7. The standard InChI is InChI=1S/C25H27ClN6O4S/c1-25(2,3)36-24(33)30-11-9-18(10-12-30)31-15-17(14-29-31)21-13-20-22(26)27-16-28-23(20)32(21)37(34,35)19-7-5-4-6-8-19/h4-8,13-16,18H,9-12H2,1-3H3. The summed E-state index contributed by atoms with van der Waals surface area (Å²) >= 11 is 6.31. The van der Waals surface area contributed by atoms with Gasteiger partial charge in [0.25, 0.3) is 10.0 Å². The van der Waals surface area contributed by atoms with Crippen molar-refractivity contribution < 1.29 is 17.9 Å². The maximum absolute atomic E-state index is 13.7. The summed E-state index contributed by atoms with van der Waals surface area (Å²) in [5.41, 5.74) is 0.635. The molecule has 4 aromatic rings. The lowest BCUT2D eigenvalue weighted by Crippen LogP contribution is -2.42. The van der Waals surface area contributed by atoms with Crippen LogP contribution in [0.1, 0.15) is 39.7 Å². The van der Waals surface area contributed by atoms with Crippen molar-refractivity contribution in [3.8, 4) is 11.3 Å². The molecule has 0 N–H and O–H groups in total. The molecule has 1 aliphatic rings. The molecule has 1 fully saturated rings. The molecule has 0 radical (unpaired) electrons. The second kappa shape index (κ2) is 9.46. The van der Waals surface area contributed by atoms with Gasteiger partial charge in [0.2, 0.25) is 0 Å². The molecule has 37 heavy (non-hydrogen) atoms. The summed E-state index contributed by atoms with van der Waals surface area (Å²) in [7, 11) is -3.99. The summed E-state index contributed by atoms with van der Waals surface area (Å²) in [6.07, 6.45) is 5.77. The van der Waals surface area contributed by atoms with Gasteiger partial charge in [-0.25, -0.2) is 27.2 Å². The zero-order valence-corrected chi connectivity index (χ0v) is 22.3. The van der Waals surface area contributed by atoms with Gasteiger partial charge in [-0.3, -0.25) is 4.68 Å². The number of hydrogen-bond donors (Lipinski definition) is 0. The van der Waals surface area contributed by atoms with E-state index in [-0.39, 0.29) is 27.8 Å². The lowest BCUT2D eigenvalue weighted by atomic mass is 10.1. The topological polar surface area (TPSA) is 112 Å². The molecule has 3 aromatic heterocycles. The fraction of sp³-hybridized carbons (Fsp3) is 0.360. The predicted octanol–water partition coefficient (Wildman–Crippen LogP) is 4.76. The van der Waals surface area contributed by atoms with E-state index in [1.165, 1.54) is 22.4 Å². The molecule has 1 aromatic carbocycles. The van der Waals surface area contributed by atoms with Crippen LogP contribution in [0.3, 0.4) is 0 Å². The number of hydrogen-bond acceptors (Lipinski definition) is 7. The molecule has 0 unspecified atom stereocenters. The highest BCUT2D eigenvalue weighted by Gasteiger charge is 2.30. The van der Waals surface area contributed by atoms with Crippen LogP contribution in [0.15, 0.2) is 60.0 Å². The summed E-state index contributed by atoms with van der Waals surface area (Å²) in [6, 6.07) is 9.89. The Kier molecular flexibility index (Phi) is 6.45. The summed E-state index contributed by atoms with van der Waals surface area (Å²) < 4.78 is 35.9. The third-order valence-corrected chi connectivity index (χ3v) is 8.19. The lowest BCUT2D eigenvalue weighted by Gasteiger charge is -2.33. The minimum atomic E-state index is -3.99. The van der Waals surface area contributed by atoms with Crippen molar-refractivity contribution in [1.82, 2.24) is 28.6 Å². The minimum absolute atomic E-state index is 0.0550. The third-order valence-electron chi connectivity index (χ3n) is 6.18. The molecule has 1 aliphatic heterocycles. The first-order valence-electron chi connectivity index (χ1n) is 11.9. The molecule has 0 spiro atoms. The number of amides is 1. The average Bonchev–Trinajstić information content (AvgIpc) is 3.50. The zero-order valence-electron chi connectivity index (χ0n) is 20.7. The van der Waals surface area contributed by atoms with Crippen LogP contribution in [-0.4, -0.2) is 61.8 Å². The van der Waals surface area contributed by atoms with Gasteiger partial charge in [0.15, 0.2) is 5.65 Å². The van der Waals surface area contributed by atoms with Crippen LogP contribution in [-0.2, 0) is 14.8 Å². The van der Waals surface area contributed by atoms with Crippen molar-refractivity contribution in [3.05, 3.63) is 60.3 Å². The highest BCUT2D eigenvalue weighted by Crippen LogP contribution is 2.34. The number of aromatic nitrogens is 5. The molecular weight excluding hydrogens is 516 g/mol. The van der Waals surface area contributed by atoms with Crippen LogP contribution < -0.4 is 0 Å². The molecule has 5 rings (SSSR count). The van der Waals surface area contributed by atoms with Crippen LogP contribution >= 0.6 is 11.6 Å². The Morgan fingerprint density at radius 1 is 1.11 bits per heavy atom. The number of carbonyl (C=O) groups excluding carboxylic acids is 1. The fourth-order valence-corrected chi connectivity index (χ4v) is 6.10. The van der Waals surface area contributed by atoms with E-state index in [0.29, 0.717) is 42.6 Å². The van der Waals surface area contributed by atoms with Gasteiger partial charge in [-0.1, -0.05) is 29.8 Å². The second-order valence-corrected chi connectivity index (χ2v) is 12.1. The number of likely N-dealkylation sites (tertiary alicyclic amines) is 1. The number of nitrogens with zero attached hydrogens (tertiary/aromatic N) is 6. The van der Waals surface area contributed by atoms with Crippen LogP contribution in [0.2, 0.25) is 5.15 Å². The first-order valence-corrected chi connectivity index (χ1v) is 13.7. The van der Waals surface area contributed by atoms with Crippen molar-refractivity contribution in [2.45, 2.75) is 50.2 Å². The molecule has 0 bridgehead atoms. The van der Waals surface area contributed by atoms with Crippen molar-refractivity contribution in [2.24, 2.45) is 0 Å². The Morgan fingerprint density at radius 3 is 2.49 bits per heavy atom. The molecule has 4 heterocycles. The van der Waals surface area contributed by atoms with Crippen molar-refractivity contribution >= 4 is 38.8 Å². The molecule has 0 atom stereocenters. The molecule has 1 amide bonds. The number of ether oxygens (including phenoxy) is 1. The molecule has 10 nitrogen and oxygen atoms in total. The molecule has 194 valence electrons.